The summed E-state index contributed by atoms with van der Waals surface area (Å²) in [7, 11) is 2.17. The molecule has 1 amide bonds. The van der Waals surface area contributed by atoms with Crippen molar-refractivity contribution in [3.8, 4) is 0 Å². The van der Waals surface area contributed by atoms with Gasteiger partial charge in [0.1, 0.15) is 0 Å². The van der Waals surface area contributed by atoms with Gasteiger partial charge >= 0.3 is 0 Å². The molecule has 0 radical (unpaired) electrons. The van der Waals surface area contributed by atoms with Crippen LogP contribution >= 0.6 is 0 Å². The fraction of sp³-hybridized carbons (Fsp3) is 0.938. The summed E-state index contributed by atoms with van der Waals surface area (Å²) in [6.07, 6.45) is 2.49. The molecule has 116 valence electrons. The van der Waals surface area contributed by atoms with Crippen molar-refractivity contribution in [3.05, 3.63) is 0 Å². The molecule has 2 aliphatic rings. The predicted molar refractivity (Wildman–Crippen MR) is 82.3 cm³/mol. The number of hydrogen-bond acceptors (Lipinski definition) is 3. The van der Waals surface area contributed by atoms with Gasteiger partial charge in [-0.05, 0) is 37.8 Å². The number of carbonyl (C=O) groups excluding carboxylic acids is 1. The summed E-state index contributed by atoms with van der Waals surface area (Å²) in [5.41, 5.74) is 0. The maximum absolute atomic E-state index is 12.7. The second-order valence-electron chi connectivity index (χ2n) is 7.13. The largest absolute Gasteiger partial charge is 0.325 e. The summed E-state index contributed by atoms with van der Waals surface area (Å²) in [5.74, 6) is 1.85. The Bertz CT molecular complexity index is 345. The van der Waals surface area contributed by atoms with Crippen molar-refractivity contribution in [2.45, 2.75) is 52.7 Å². The average molecular weight is 281 g/mol. The van der Waals surface area contributed by atoms with E-state index in [2.05, 4.69) is 49.9 Å². The molecular weight excluding hydrogens is 250 g/mol. The summed E-state index contributed by atoms with van der Waals surface area (Å²) in [4.78, 5) is 17.2. The van der Waals surface area contributed by atoms with Crippen molar-refractivity contribution in [2.24, 2.45) is 17.8 Å². The minimum Gasteiger partial charge on any atom is -0.325 e. The molecular formula is C16H31N3O. The zero-order chi connectivity index (χ0) is 14.9. The highest BCUT2D eigenvalue weighted by molar-refractivity contribution is 5.84. The highest BCUT2D eigenvalue weighted by atomic mass is 16.2. The van der Waals surface area contributed by atoms with Crippen molar-refractivity contribution in [1.82, 2.24) is 15.1 Å². The van der Waals surface area contributed by atoms with E-state index >= 15 is 0 Å². The van der Waals surface area contributed by atoms with Crippen LogP contribution in [0, 0.1) is 17.8 Å². The minimum absolute atomic E-state index is 0.0199. The molecule has 20 heavy (non-hydrogen) atoms. The molecule has 0 aliphatic carbocycles. The van der Waals surface area contributed by atoms with E-state index in [0.29, 0.717) is 23.7 Å². The lowest BCUT2D eigenvalue weighted by molar-refractivity contribution is -0.131. The van der Waals surface area contributed by atoms with Gasteiger partial charge in [-0.25, -0.2) is 0 Å². The van der Waals surface area contributed by atoms with E-state index in [9.17, 15) is 4.79 Å². The van der Waals surface area contributed by atoms with E-state index in [1.165, 1.54) is 13.0 Å². The van der Waals surface area contributed by atoms with E-state index in [0.717, 1.165) is 19.5 Å². The molecule has 0 bridgehead atoms. The Labute approximate surface area is 123 Å². The normalized spacial score (nSPS) is 33.4. The Morgan fingerprint density at radius 2 is 2.05 bits per heavy atom. The Morgan fingerprint density at radius 1 is 1.35 bits per heavy atom. The van der Waals surface area contributed by atoms with Gasteiger partial charge in [0, 0.05) is 13.1 Å². The standard InChI is InChI=1S/C16H31N3O/c1-6-12(4)14-16(20)19(15(17-14)11(2)3)10-13-7-8-18(5)9-13/h11-15,17H,6-10H2,1-5H3. The smallest absolute Gasteiger partial charge is 0.241 e. The first kappa shape index (κ1) is 15.8. The number of nitrogens with one attached hydrogen (secondary N) is 1. The summed E-state index contributed by atoms with van der Waals surface area (Å²) < 4.78 is 0. The molecule has 2 fully saturated rings. The molecule has 0 aromatic heterocycles. The van der Waals surface area contributed by atoms with Crippen molar-refractivity contribution in [1.29, 1.82) is 0 Å². The van der Waals surface area contributed by atoms with Crippen LogP contribution in [-0.2, 0) is 4.79 Å². The van der Waals surface area contributed by atoms with Crippen LogP contribution in [0.2, 0.25) is 0 Å². The molecule has 0 aromatic rings. The molecule has 4 unspecified atom stereocenters. The Kier molecular flexibility index (Phi) is 5.08. The van der Waals surface area contributed by atoms with E-state index < -0.39 is 0 Å². The van der Waals surface area contributed by atoms with Crippen LogP contribution in [0.5, 0.6) is 0 Å². The number of amides is 1. The molecule has 4 atom stereocenters. The SMILES string of the molecule is CCC(C)C1NC(C(C)C)N(CC2CCN(C)C2)C1=O. The Morgan fingerprint density at radius 3 is 2.55 bits per heavy atom. The first-order valence-electron chi connectivity index (χ1n) is 8.19. The highest BCUT2D eigenvalue weighted by Crippen LogP contribution is 2.26. The molecule has 2 aliphatic heterocycles. The van der Waals surface area contributed by atoms with E-state index in [1.807, 2.05) is 0 Å². The Balaban J connectivity index is 2.05. The number of likely N-dealkylation sites (tertiary alicyclic amines) is 1. The van der Waals surface area contributed by atoms with Crippen LogP contribution in [0.3, 0.4) is 0 Å². The van der Waals surface area contributed by atoms with Gasteiger partial charge in [0.2, 0.25) is 5.91 Å². The molecule has 0 aromatic carbocycles. The lowest BCUT2D eigenvalue weighted by Crippen LogP contribution is -2.44. The van der Waals surface area contributed by atoms with Crippen LogP contribution in [0.15, 0.2) is 0 Å². The maximum Gasteiger partial charge on any atom is 0.241 e. The second-order valence-corrected chi connectivity index (χ2v) is 7.13. The molecule has 4 nitrogen and oxygen atoms in total. The first-order chi connectivity index (χ1) is 9.43. The van der Waals surface area contributed by atoms with Gasteiger partial charge in [0.05, 0.1) is 12.2 Å². The molecule has 0 saturated carbocycles. The number of hydrogen-bond donors (Lipinski definition) is 1. The Hall–Kier alpha value is -0.610. The van der Waals surface area contributed by atoms with E-state index in [1.54, 1.807) is 0 Å². The molecule has 1 N–H and O–H groups in total. The predicted octanol–water partition coefficient (Wildman–Crippen LogP) is 1.77. The fourth-order valence-electron chi connectivity index (χ4n) is 3.51. The molecule has 2 heterocycles. The van der Waals surface area contributed by atoms with Crippen LogP contribution < -0.4 is 5.32 Å². The van der Waals surface area contributed by atoms with Crippen molar-refractivity contribution in [2.75, 3.05) is 26.7 Å². The van der Waals surface area contributed by atoms with E-state index in [4.69, 9.17) is 0 Å². The lowest BCUT2D eigenvalue weighted by Gasteiger charge is -2.29. The van der Waals surface area contributed by atoms with Crippen molar-refractivity contribution < 1.29 is 4.79 Å². The summed E-state index contributed by atoms with van der Waals surface area (Å²) in [5, 5.41) is 3.59. The third-order valence-corrected chi connectivity index (χ3v) is 5.02. The zero-order valence-corrected chi connectivity index (χ0v) is 13.7. The molecule has 0 spiro atoms. The average Bonchev–Trinajstić information content (AvgIpc) is 2.94. The molecule has 2 saturated heterocycles. The third kappa shape index (κ3) is 3.17. The van der Waals surface area contributed by atoms with Crippen LogP contribution in [0.1, 0.15) is 40.5 Å². The van der Waals surface area contributed by atoms with Gasteiger partial charge in [-0.1, -0.05) is 34.1 Å². The van der Waals surface area contributed by atoms with E-state index in [-0.39, 0.29) is 12.2 Å². The van der Waals surface area contributed by atoms with Gasteiger partial charge in [-0.3, -0.25) is 10.1 Å². The van der Waals surface area contributed by atoms with Crippen LogP contribution in [0.4, 0.5) is 0 Å². The first-order valence-corrected chi connectivity index (χ1v) is 8.19. The highest BCUT2D eigenvalue weighted by Gasteiger charge is 2.43. The zero-order valence-electron chi connectivity index (χ0n) is 13.7. The number of carbonyl (C=O) groups is 1. The summed E-state index contributed by atoms with van der Waals surface area (Å²) in [6, 6.07) is 0.0199. The van der Waals surface area contributed by atoms with Crippen LogP contribution in [-0.4, -0.2) is 54.6 Å². The monoisotopic (exact) mass is 281 g/mol. The van der Waals surface area contributed by atoms with Gasteiger partial charge in [-0.15, -0.1) is 0 Å². The molecule has 4 heteroatoms. The lowest BCUT2D eigenvalue weighted by atomic mass is 9.99. The minimum atomic E-state index is 0.0199. The topological polar surface area (TPSA) is 35.6 Å². The van der Waals surface area contributed by atoms with Gasteiger partial charge in [0.25, 0.3) is 0 Å². The molecule has 2 rings (SSSR count). The fourth-order valence-corrected chi connectivity index (χ4v) is 3.51. The van der Waals surface area contributed by atoms with Gasteiger partial charge in [-0.2, -0.15) is 0 Å². The number of nitrogens with zero attached hydrogens (tertiary/aromatic N) is 2. The third-order valence-electron chi connectivity index (χ3n) is 5.02. The maximum atomic E-state index is 12.7. The van der Waals surface area contributed by atoms with Gasteiger partial charge < -0.3 is 9.80 Å². The van der Waals surface area contributed by atoms with Crippen molar-refractivity contribution >= 4 is 5.91 Å². The summed E-state index contributed by atoms with van der Waals surface area (Å²) >= 11 is 0. The van der Waals surface area contributed by atoms with Crippen LogP contribution in [0.25, 0.3) is 0 Å². The van der Waals surface area contributed by atoms with Crippen molar-refractivity contribution in [3.63, 3.8) is 0 Å². The number of rotatable bonds is 5. The quantitative estimate of drug-likeness (QED) is 0.834. The second kappa shape index (κ2) is 6.44. The van der Waals surface area contributed by atoms with Gasteiger partial charge in [0.15, 0.2) is 0 Å². The summed E-state index contributed by atoms with van der Waals surface area (Å²) in [6.45, 7) is 12.0.